The maximum absolute atomic E-state index is 9.93. The van der Waals surface area contributed by atoms with E-state index in [0.29, 0.717) is 6.04 Å². The van der Waals surface area contributed by atoms with E-state index in [1.807, 2.05) is 0 Å². The maximum atomic E-state index is 9.93. The molecule has 2 rings (SSSR count). The van der Waals surface area contributed by atoms with Gasteiger partial charge in [0.15, 0.2) is 0 Å². The average Bonchev–Trinajstić information content (AvgIpc) is 2.61. The second-order valence-corrected chi connectivity index (χ2v) is 5.51. The minimum atomic E-state index is -0.226. The summed E-state index contributed by atoms with van der Waals surface area (Å²) in [5.74, 6) is 0.724. The van der Waals surface area contributed by atoms with Gasteiger partial charge in [0.2, 0.25) is 0 Å². The Morgan fingerprint density at radius 3 is 2.88 bits per heavy atom. The van der Waals surface area contributed by atoms with Crippen LogP contribution in [0.15, 0.2) is 12.3 Å². The van der Waals surface area contributed by atoms with Crippen LogP contribution in [0.1, 0.15) is 63.4 Å². The molecule has 0 saturated heterocycles. The molecule has 1 aromatic heterocycles. The molecule has 1 aliphatic carbocycles. The first-order chi connectivity index (χ1) is 7.59. The maximum Gasteiger partial charge on any atom is 0.0807 e. The van der Waals surface area contributed by atoms with Gasteiger partial charge in [0, 0.05) is 23.5 Å². The highest BCUT2D eigenvalue weighted by molar-refractivity contribution is 5.27. The molecule has 1 aliphatic rings. The van der Waals surface area contributed by atoms with E-state index in [-0.39, 0.29) is 6.10 Å². The van der Waals surface area contributed by atoms with E-state index in [1.54, 1.807) is 0 Å². The third-order valence-corrected chi connectivity index (χ3v) is 3.60. The van der Waals surface area contributed by atoms with Crippen LogP contribution < -0.4 is 0 Å². The molecule has 16 heavy (non-hydrogen) atoms. The Morgan fingerprint density at radius 1 is 1.44 bits per heavy atom. The summed E-state index contributed by atoms with van der Waals surface area (Å²) in [6.07, 6.45) is 6.31. The van der Waals surface area contributed by atoms with Crippen molar-refractivity contribution in [2.24, 2.45) is 5.92 Å². The zero-order valence-electron chi connectivity index (χ0n) is 10.6. The molecule has 2 heteroatoms. The van der Waals surface area contributed by atoms with Crippen molar-refractivity contribution in [2.75, 3.05) is 0 Å². The Kier molecular flexibility index (Phi) is 3.38. The van der Waals surface area contributed by atoms with Crippen molar-refractivity contribution in [1.82, 2.24) is 4.57 Å². The van der Waals surface area contributed by atoms with Crippen LogP contribution in [0, 0.1) is 5.92 Å². The van der Waals surface area contributed by atoms with Crippen LogP contribution >= 0.6 is 0 Å². The Balaban J connectivity index is 2.22. The van der Waals surface area contributed by atoms with Crippen LogP contribution in [0.5, 0.6) is 0 Å². The highest BCUT2D eigenvalue weighted by atomic mass is 16.3. The van der Waals surface area contributed by atoms with Gasteiger partial charge in [-0.05, 0) is 44.6 Å². The summed E-state index contributed by atoms with van der Waals surface area (Å²) >= 11 is 0. The molecule has 2 unspecified atom stereocenters. The van der Waals surface area contributed by atoms with Crippen LogP contribution in [0.2, 0.25) is 0 Å². The highest BCUT2D eigenvalue weighted by Crippen LogP contribution is 2.33. The molecule has 0 aromatic carbocycles. The predicted molar refractivity (Wildman–Crippen MR) is 66.5 cm³/mol. The zero-order chi connectivity index (χ0) is 11.7. The normalized spacial score (nSPS) is 22.2. The standard InChI is InChI=1S/C14H23NO/c1-10(2)9-11(3)15-8-7-12-13(15)5-4-6-14(12)16/h7-8,10-11,14,16H,4-6,9H2,1-3H3. The van der Waals surface area contributed by atoms with E-state index in [9.17, 15) is 5.11 Å². The largest absolute Gasteiger partial charge is 0.388 e. The molecule has 1 aromatic rings. The van der Waals surface area contributed by atoms with Gasteiger partial charge in [-0.1, -0.05) is 13.8 Å². The van der Waals surface area contributed by atoms with E-state index in [4.69, 9.17) is 0 Å². The number of hydrogen-bond donors (Lipinski definition) is 1. The summed E-state index contributed by atoms with van der Waals surface area (Å²) in [6.45, 7) is 6.81. The van der Waals surface area contributed by atoms with Gasteiger partial charge in [-0.2, -0.15) is 0 Å². The van der Waals surface area contributed by atoms with Gasteiger partial charge in [-0.25, -0.2) is 0 Å². The van der Waals surface area contributed by atoms with Crippen molar-refractivity contribution >= 4 is 0 Å². The van der Waals surface area contributed by atoms with Gasteiger partial charge in [-0.3, -0.25) is 0 Å². The molecular formula is C14H23NO. The molecule has 1 heterocycles. The van der Waals surface area contributed by atoms with Gasteiger partial charge < -0.3 is 9.67 Å². The van der Waals surface area contributed by atoms with Crippen LogP contribution in [0.4, 0.5) is 0 Å². The quantitative estimate of drug-likeness (QED) is 0.830. The number of hydrogen-bond acceptors (Lipinski definition) is 1. The van der Waals surface area contributed by atoms with Crippen molar-refractivity contribution in [3.63, 3.8) is 0 Å². The lowest BCUT2D eigenvalue weighted by Crippen LogP contribution is -2.15. The Bertz CT molecular complexity index is 354. The van der Waals surface area contributed by atoms with Crippen molar-refractivity contribution in [3.8, 4) is 0 Å². The predicted octanol–water partition coefficient (Wildman–Crippen LogP) is 3.46. The number of nitrogens with zero attached hydrogens (tertiary/aromatic N) is 1. The molecule has 0 aliphatic heterocycles. The summed E-state index contributed by atoms with van der Waals surface area (Å²) in [5.41, 5.74) is 2.54. The average molecular weight is 221 g/mol. The summed E-state index contributed by atoms with van der Waals surface area (Å²) in [7, 11) is 0. The smallest absolute Gasteiger partial charge is 0.0807 e. The molecule has 2 nitrogen and oxygen atoms in total. The molecule has 0 spiro atoms. The summed E-state index contributed by atoms with van der Waals surface area (Å²) in [5, 5.41) is 9.93. The minimum Gasteiger partial charge on any atom is -0.388 e. The van der Waals surface area contributed by atoms with Crippen LogP contribution in [-0.2, 0) is 6.42 Å². The van der Waals surface area contributed by atoms with E-state index in [1.165, 1.54) is 17.7 Å². The van der Waals surface area contributed by atoms with Crippen LogP contribution in [-0.4, -0.2) is 9.67 Å². The van der Waals surface area contributed by atoms with E-state index in [2.05, 4.69) is 37.6 Å². The lowest BCUT2D eigenvalue weighted by Gasteiger charge is -2.24. The van der Waals surface area contributed by atoms with Crippen molar-refractivity contribution in [1.29, 1.82) is 0 Å². The number of aliphatic hydroxyl groups excluding tert-OH is 1. The van der Waals surface area contributed by atoms with Gasteiger partial charge >= 0.3 is 0 Å². The monoisotopic (exact) mass is 221 g/mol. The fourth-order valence-corrected chi connectivity index (χ4v) is 2.90. The molecule has 2 atom stereocenters. The highest BCUT2D eigenvalue weighted by Gasteiger charge is 2.22. The molecule has 0 fully saturated rings. The Hall–Kier alpha value is -0.760. The number of aliphatic hydroxyl groups is 1. The van der Waals surface area contributed by atoms with Gasteiger partial charge in [0.25, 0.3) is 0 Å². The second kappa shape index (κ2) is 4.62. The minimum absolute atomic E-state index is 0.226. The first kappa shape index (κ1) is 11.7. The van der Waals surface area contributed by atoms with E-state index >= 15 is 0 Å². The number of fused-ring (bicyclic) bond motifs is 1. The summed E-state index contributed by atoms with van der Waals surface area (Å²) in [6, 6.07) is 2.66. The van der Waals surface area contributed by atoms with Crippen LogP contribution in [0.3, 0.4) is 0 Å². The fraction of sp³-hybridized carbons (Fsp3) is 0.714. The molecule has 0 amide bonds. The Morgan fingerprint density at radius 2 is 2.19 bits per heavy atom. The van der Waals surface area contributed by atoms with E-state index < -0.39 is 0 Å². The van der Waals surface area contributed by atoms with Crippen molar-refractivity contribution in [3.05, 3.63) is 23.5 Å². The summed E-state index contributed by atoms with van der Waals surface area (Å²) < 4.78 is 2.37. The van der Waals surface area contributed by atoms with Crippen LogP contribution in [0.25, 0.3) is 0 Å². The zero-order valence-corrected chi connectivity index (χ0v) is 10.6. The molecular weight excluding hydrogens is 198 g/mol. The number of aromatic nitrogens is 1. The van der Waals surface area contributed by atoms with Gasteiger partial charge in [-0.15, -0.1) is 0 Å². The molecule has 0 radical (unpaired) electrons. The summed E-state index contributed by atoms with van der Waals surface area (Å²) in [4.78, 5) is 0. The molecule has 90 valence electrons. The lowest BCUT2D eigenvalue weighted by atomic mass is 9.94. The molecule has 0 saturated carbocycles. The van der Waals surface area contributed by atoms with Gasteiger partial charge in [0.05, 0.1) is 6.10 Å². The van der Waals surface area contributed by atoms with Crippen molar-refractivity contribution < 1.29 is 5.11 Å². The lowest BCUT2D eigenvalue weighted by molar-refractivity contribution is 0.155. The number of rotatable bonds is 3. The molecule has 1 N–H and O–H groups in total. The van der Waals surface area contributed by atoms with Crippen molar-refractivity contribution in [2.45, 2.75) is 58.6 Å². The first-order valence-electron chi connectivity index (χ1n) is 6.47. The topological polar surface area (TPSA) is 25.2 Å². The fourth-order valence-electron chi connectivity index (χ4n) is 2.90. The third kappa shape index (κ3) is 2.17. The third-order valence-electron chi connectivity index (χ3n) is 3.60. The first-order valence-corrected chi connectivity index (χ1v) is 6.47. The molecule has 0 bridgehead atoms. The van der Waals surface area contributed by atoms with E-state index in [0.717, 1.165) is 25.2 Å². The Labute approximate surface area is 98.3 Å². The SMILES string of the molecule is CC(C)CC(C)n1ccc2c1CCCC2O. The second-order valence-electron chi connectivity index (χ2n) is 5.51. The van der Waals surface area contributed by atoms with Gasteiger partial charge in [0.1, 0.15) is 0 Å².